The highest BCUT2D eigenvalue weighted by Crippen LogP contribution is 2.21. The van der Waals surface area contributed by atoms with Gasteiger partial charge in [-0.25, -0.2) is 4.39 Å². The Hall–Kier alpha value is -2.93. The van der Waals surface area contributed by atoms with Crippen LogP contribution in [0.4, 0.5) is 10.1 Å². The maximum absolute atomic E-state index is 13.9. The lowest BCUT2D eigenvalue weighted by Crippen LogP contribution is -2.15. The first-order valence-electron chi connectivity index (χ1n) is 8.12. The lowest BCUT2D eigenvalue weighted by atomic mass is 10.1. The minimum atomic E-state index is -1.13. The van der Waals surface area contributed by atoms with Gasteiger partial charge in [-0.2, -0.15) is 0 Å². The van der Waals surface area contributed by atoms with E-state index in [0.717, 1.165) is 6.07 Å². The summed E-state index contributed by atoms with van der Waals surface area (Å²) in [5, 5.41) is 11.3. The molecular weight excluding hydrogens is 341 g/mol. The molecule has 2 aromatic rings. The van der Waals surface area contributed by atoms with Gasteiger partial charge >= 0.3 is 5.97 Å². The van der Waals surface area contributed by atoms with Crippen LogP contribution < -0.4 is 10.1 Å². The fourth-order valence-corrected chi connectivity index (χ4v) is 2.26. The summed E-state index contributed by atoms with van der Waals surface area (Å²) in [4.78, 5) is 23.1. The molecule has 0 spiro atoms. The highest BCUT2D eigenvalue weighted by atomic mass is 19.1. The van der Waals surface area contributed by atoms with Gasteiger partial charge in [0.15, 0.2) is 0 Å². The SMILES string of the molecule is CCOCCOc1ccccc1C(=O)Nc1ccc(CC(=O)O)c(F)c1. The number of amides is 1. The van der Waals surface area contributed by atoms with Crippen molar-refractivity contribution in [2.24, 2.45) is 0 Å². The summed E-state index contributed by atoms with van der Waals surface area (Å²) in [6, 6.07) is 10.6. The second-order valence-corrected chi connectivity index (χ2v) is 5.37. The third-order valence-corrected chi connectivity index (χ3v) is 3.47. The van der Waals surface area contributed by atoms with Gasteiger partial charge in [0.05, 0.1) is 18.6 Å². The van der Waals surface area contributed by atoms with E-state index in [1.54, 1.807) is 24.3 Å². The lowest BCUT2D eigenvalue weighted by Gasteiger charge is -2.12. The average Bonchev–Trinajstić information content (AvgIpc) is 2.61. The second kappa shape index (κ2) is 9.53. The van der Waals surface area contributed by atoms with Crippen molar-refractivity contribution >= 4 is 17.6 Å². The van der Waals surface area contributed by atoms with Gasteiger partial charge in [0.2, 0.25) is 0 Å². The van der Waals surface area contributed by atoms with Crippen molar-refractivity contribution in [1.82, 2.24) is 0 Å². The topological polar surface area (TPSA) is 84.9 Å². The van der Waals surface area contributed by atoms with Gasteiger partial charge in [-0.1, -0.05) is 18.2 Å². The van der Waals surface area contributed by atoms with Gasteiger partial charge in [-0.3, -0.25) is 9.59 Å². The van der Waals surface area contributed by atoms with Crippen molar-refractivity contribution in [1.29, 1.82) is 0 Å². The van der Waals surface area contributed by atoms with Gasteiger partial charge in [-0.05, 0) is 36.8 Å². The van der Waals surface area contributed by atoms with Crippen LogP contribution in [0.15, 0.2) is 42.5 Å². The van der Waals surface area contributed by atoms with Gasteiger partial charge in [0.1, 0.15) is 18.2 Å². The fraction of sp³-hybridized carbons (Fsp3) is 0.263. The molecule has 0 radical (unpaired) electrons. The minimum absolute atomic E-state index is 0.0511. The average molecular weight is 361 g/mol. The molecule has 2 N–H and O–H groups in total. The summed E-state index contributed by atoms with van der Waals surface area (Å²) in [5.74, 6) is -1.87. The first kappa shape index (κ1) is 19.4. The Bertz CT molecular complexity index is 778. The molecule has 6 nitrogen and oxygen atoms in total. The Morgan fingerprint density at radius 1 is 1.15 bits per heavy atom. The zero-order valence-electron chi connectivity index (χ0n) is 14.3. The number of hydrogen-bond donors (Lipinski definition) is 2. The summed E-state index contributed by atoms with van der Waals surface area (Å²) in [6.07, 6.45) is -0.420. The van der Waals surface area contributed by atoms with Crippen LogP contribution in [-0.2, 0) is 16.0 Å². The lowest BCUT2D eigenvalue weighted by molar-refractivity contribution is -0.136. The number of halogens is 1. The number of anilines is 1. The molecule has 138 valence electrons. The van der Waals surface area contributed by atoms with Crippen molar-refractivity contribution in [2.75, 3.05) is 25.1 Å². The second-order valence-electron chi connectivity index (χ2n) is 5.37. The predicted molar refractivity (Wildman–Crippen MR) is 94.1 cm³/mol. The number of nitrogens with one attached hydrogen (secondary N) is 1. The number of carbonyl (C=O) groups excluding carboxylic acids is 1. The maximum atomic E-state index is 13.9. The van der Waals surface area contributed by atoms with E-state index in [1.165, 1.54) is 12.1 Å². The van der Waals surface area contributed by atoms with Crippen LogP contribution in [0.3, 0.4) is 0 Å². The zero-order valence-corrected chi connectivity index (χ0v) is 14.3. The molecule has 0 atom stereocenters. The van der Waals surface area contributed by atoms with E-state index in [2.05, 4.69) is 5.32 Å². The van der Waals surface area contributed by atoms with Crippen LogP contribution in [0.1, 0.15) is 22.8 Å². The molecule has 0 unspecified atom stereocenters. The molecular formula is C19H20FNO5. The van der Waals surface area contributed by atoms with Crippen LogP contribution in [0.25, 0.3) is 0 Å². The number of aliphatic carboxylic acids is 1. The van der Waals surface area contributed by atoms with Crippen LogP contribution >= 0.6 is 0 Å². The van der Waals surface area contributed by atoms with Crippen molar-refractivity contribution in [3.63, 3.8) is 0 Å². The smallest absolute Gasteiger partial charge is 0.307 e. The Balaban J connectivity index is 2.08. The first-order chi connectivity index (χ1) is 12.5. The molecule has 26 heavy (non-hydrogen) atoms. The van der Waals surface area contributed by atoms with Crippen LogP contribution in [-0.4, -0.2) is 36.8 Å². The normalized spacial score (nSPS) is 10.4. The molecule has 7 heteroatoms. The first-order valence-corrected chi connectivity index (χ1v) is 8.12. The quantitative estimate of drug-likeness (QED) is 0.671. The standard InChI is InChI=1S/C19H20FNO5/c1-2-25-9-10-26-17-6-4-3-5-15(17)19(24)21-14-8-7-13(11-18(22)23)16(20)12-14/h3-8,12H,2,9-11H2,1H3,(H,21,24)(H,22,23). The Kier molecular flexibility index (Phi) is 7.11. The van der Waals surface area contributed by atoms with Crippen molar-refractivity contribution in [2.45, 2.75) is 13.3 Å². The zero-order chi connectivity index (χ0) is 18.9. The van der Waals surface area contributed by atoms with Gasteiger partial charge in [0, 0.05) is 12.3 Å². The number of carboxylic acids is 1. The molecule has 0 saturated carbocycles. The summed E-state index contributed by atoms with van der Waals surface area (Å²) < 4.78 is 24.7. The van der Waals surface area contributed by atoms with E-state index in [4.69, 9.17) is 14.6 Å². The molecule has 0 aromatic heterocycles. The molecule has 0 heterocycles. The van der Waals surface area contributed by atoms with Crippen molar-refractivity contribution in [3.8, 4) is 5.75 Å². The fourth-order valence-electron chi connectivity index (χ4n) is 2.26. The molecule has 0 aliphatic heterocycles. The van der Waals surface area contributed by atoms with Crippen LogP contribution in [0, 0.1) is 5.82 Å². The predicted octanol–water partition coefficient (Wildman–Crippen LogP) is 3.12. The Morgan fingerprint density at radius 2 is 1.92 bits per heavy atom. The van der Waals surface area contributed by atoms with Gasteiger partial charge in [0.25, 0.3) is 5.91 Å². The Morgan fingerprint density at radius 3 is 2.62 bits per heavy atom. The molecule has 0 aliphatic carbocycles. The number of carboxylic acid groups (broad SMARTS) is 1. The number of carbonyl (C=O) groups is 2. The molecule has 0 bridgehead atoms. The Labute approximate surface area is 150 Å². The molecule has 0 aliphatic rings. The number of para-hydroxylation sites is 1. The van der Waals surface area contributed by atoms with E-state index in [1.807, 2.05) is 6.92 Å². The largest absolute Gasteiger partial charge is 0.490 e. The third kappa shape index (κ3) is 5.56. The van der Waals surface area contributed by atoms with Crippen LogP contribution in [0.5, 0.6) is 5.75 Å². The summed E-state index contributed by atoms with van der Waals surface area (Å²) in [6.45, 7) is 3.16. The summed E-state index contributed by atoms with van der Waals surface area (Å²) in [5.41, 5.74) is 0.583. The van der Waals surface area contributed by atoms with E-state index in [9.17, 15) is 14.0 Å². The number of ether oxygens (including phenoxy) is 2. The molecule has 2 rings (SSSR count). The molecule has 2 aromatic carbocycles. The van der Waals surface area contributed by atoms with E-state index in [0.29, 0.717) is 31.1 Å². The molecule has 0 saturated heterocycles. The number of rotatable bonds is 9. The van der Waals surface area contributed by atoms with Crippen LogP contribution in [0.2, 0.25) is 0 Å². The van der Waals surface area contributed by atoms with E-state index in [-0.39, 0.29) is 11.3 Å². The van der Waals surface area contributed by atoms with Gasteiger partial charge < -0.3 is 19.9 Å². The van der Waals surface area contributed by atoms with Crippen molar-refractivity contribution in [3.05, 3.63) is 59.4 Å². The van der Waals surface area contributed by atoms with Gasteiger partial charge in [-0.15, -0.1) is 0 Å². The number of hydrogen-bond acceptors (Lipinski definition) is 4. The highest BCUT2D eigenvalue weighted by molar-refractivity contribution is 6.06. The van der Waals surface area contributed by atoms with E-state index < -0.39 is 24.1 Å². The highest BCUT2D eigenvalue weighted by Gasteiger charge is 2.14. The molecule has 0 fully saturated rings. The summed E-state index contributed by atoms with van der Waals surface area (Å²) >= 11 is 0. The minimum Gasteiger partial charge on any atom is -0.490 e. The third-order valence-electron chi connectivity index (χ3n) is 3.47. The maximum Gasteiger partial charge on any atom is 0.307 e. The van der Waals surface area contributed by atoms with Crippen molar-refractivity contribution < 1.29 is 28.6 Å². The number of benzene rings is 2. The molecule has 1 amide bonds. The summed E-state index contributed by atoms with van der Waals surface area (Å²) in [7, 11) is 0. The van der Waals surface area contributed by atoms with E-state index >= 15 is 0 Å². The monoisotopic (exact) mass is 361 g/mol.